The van der Waals surface area contributed by atoms with Gasteiger partial charge >= 0.3 is 0 Å². The van der Waals surface area contributed by atoms with Crippen LogP contribution >= 0.6 is 11.8 Å². The number of carbonyl (C=O) groups is 2. The molecule has 1 aliphatic rings. The molecule has 1 atom stereocenters. The van der Waals surface area contributed by atoms with E-state index in [4.69, 9.17) is 4.74 Å². The van der Waals surface area contributed by atoms with E-state index in [0.29, 0.717) is 6.42 Å². The Hall–Kier alpha value is -3.05. The van der Waals surface area contributed by atoms with E-state index < -0.39 is 0 Å². The van der Waals surface area contributed by atoms with Gasteiger partial charge in [0.05, 0.1) is 5.25 Å². The van der Waals surface area contributed by atoms with Crippen LogP contribution in [0.5, 0.6) is 11.5 Å². The fourth-order valence-corrected chi connectivity index (χ4v) is 3.92. The standard InChI is InChI=1S/C23H19NO3S/c1-15-5-9-17(10-6-15)18-3-2-4-20(14-18)27-19-11-7-16(8-12-19)13-21-22(25)24-23(26)28-21/h2-12,14,21H,13H2,1H3,(H,24,25,26). The molecule has 1 saturated heterocycles. The molecule has 140 valence electrons. The van der Waals surface area contributed by atoms with Crippen LogP contribution in [0.3, 0.4) is 0 Å². The van der Waals surface area contributed by atoms with Gasteiger partial charge in [0.25, 0.3) is 5.24 Å². The molecule has 2 amide bonds. The molecule has 0 aromatic heterocycles. The Kier molecular flexibility index (Phi) is 5.17. The van der Waals surface area contributed by atoms with Gasteiger partial charge in [-0.25, -0.2) is 0 Å². The summed E-state index contributed by atoms with van der Waals surface area (Å²) in [6.45, 7) is 2.07. The van der Waals surface area contributed by atoms with Crippen LogP contribution in [0, 0.1) is 6.92 Å². The highest BCUT2D eigenvalue weighted by Crippen LogP contribution is 2.29. The summed E-state index contributed by atoms with van der Waals surface area (Å²) in [5, 5.41) is 1.68. The second kappa shape index (κ2) is 7.90. The number of hydrogen-bond donors (Lipinski definition) is 1. The quantitative estimate of drug-likeness (QED) is 0.639. The molecule has 3 aromatic carbocycles. The second-order valence-corrected chi connectivity index (χ2v) is 7.90. The maximum atomic E-state index is 11.7. The third-order valence-corrected chi connectivity index (χ3v) is 5.55. The maximum absolute atomic E-state index is 11.7. The van der Waals surface area contributed by atoms with Crippen molar-refractivity contribution in [3.63, 3.8) is 0 Å². The molecule has 5 heteroatoms. The van der Waals surface area contributed by atoms with Gasteiger partial charge in [-0.1, -0.05) is 65.9 Å². The number of ether oxygens (including phenoxy) is 1. The molecule has 1 heterocycles. The number of carbonyl (C=O) groups excluding carboxylic acids is 2. The summed E-state index contributed by atoms with van der Waals surface area (Å²) < 4.78 is 5.99. The summed E-state index contributed by atoms with van der Waals surface area (Å²) in [6, 6.07) is 24.0. The van der Waals surface area contributed by atoms with Gasteiger partial charge in [-0.15, -0.1) is 0 Å². The van der Waals surface area contributed by atoms with Crippen molar-refractivity contribution in [2.45, 2.75) is 18.6 Å². The van der Waals surface area contributed by atoms with E-state index >= 15 is 0 Å². The van der Waals surface area contributed by atoms with E-state index in [1.165, 1.54) is 5.56 Å². The Morgan fingerprint density at radius 1 is 0.893 bits per heavy atom. The van der Waals surface area contributed by atoms with Crippen molar-refractivity contribution >= 4 is 22.9 Å². The number of rotatable bonds is 5. The van der Waals surface area contributed by atoms with Crippen molar-refractivity contribution < 1.29 is 14.3 Å². The summed E-state index contributed by atoms with van der Waals surface area (Å²) in [4.78, 5) is 23.0. The molecule has 0 radical (unpaired) electrons. The molecule has 4 rings (SSSR count). The van der Waals surface area contributed by atoms with Gasteiger partial charge in [0, 0.05) is 0 Å². The van der Waals surface area contributed by atoms with Gasteiger partial charge in [-0.3, -0.25) is 14.9 Å². The molecule has 3 aromatic rings. The predicted octanol–water partition coefficient (Wildman–Crippen LogP) is 5.35. The van der Waals surface area contributed by atoms with Crippen LogP contribution in [-0.4, -0.2) is 16.4 Å². The molecule has 0 aliphatic carbocycles. The third-order valence-electron chi connectivity index (χ3n) is 4.57. The minimum absolute atomic E-state index is 0.219. The molecule has 1 aliphatic heterocycles. The average Bonchev–Trinajstić information content (AvgIpc) is 3.01. The summed E-state index contributed by atoms with van der Waals surface area (Å²) >= 11 is 1.04. The first-order valence-electron chi connectivity index (χ1n) is 9.02. The van der Waals surface area contributed by atoms with Crippen LogP contribution < -0.4 is 10.1 Å². The van der Waals surface area contributed by atoms with E-state index in [1.807, 2.05) is 42.5 Å². The molecule has 4 nitrogen and oxygen atoms in total. The molecule has 0 saturated carbocycles. The average molecular weight is 389 g/mol. The van der Waals surface area contributed by atoms with Gasteiger partial charge in [0.15, 0.2) is 0 Å². The van der Waals surface area contributed by atoms with Crippen LogP contribution in [0.2, 0.25) is 0 Å². The van der Waals surface area contributed by atoms with Crippen molar-refractivity contribution in [2.75, 3.05) is 0 Å². The Balaban J connectivity index is 1.44. The molecular formula is C23H19NO3S. The smallest absolute Gasteiger partial charge is 0.286 e. The van der Waals surface area contributed by atoms with Gasteiger partial charge in [-0.05, 0) is 54.3 Å². The summed E-state index contributed by atoms with van der Waals surface area (Å²) in [5.41, 5.74) is 4.47. The van der Waals surface area contributed by atoms with Crippen LogP contribution in [0.15, 0.2) is 72.8 Å². The molecule has 1 fully saturated rings. The lowest BCUT2D eigenvalue weighted by atomic mass is 10.0. The molecule has 0 spiro atoms. The highest BCUT2D eigenvalue weighted by atomic mass is 32.2. The number of hydrogen-bond acceptors (Lipinski definition) is 4. The molecule has 0 bridgehead atoms. The first-order chi connectivity index (χ1) is 13.6. The highest BCUT2D eigenvalue weighted by Gasteiger charge is 2.31. The molecule has 1 unspecified atom stereocenters. The minimum atomic E-state index is -0.356. The van der Waals surface area contributed by atoms with Gasteiger partial charge in [0.2, 0.25) is 5.91 Å². The van der Waals surface area contributed by atoms with E-state index in [1.54, 1.807) is 0 Å². The summed E-state index contributed by atoms with van der Waals surface area (Å²) in [5.74, 6) is 1.27. The normalized spacial score (nSPS) is 16.1. The first kappa shape index (κ1) is 18.3. The first-order valence-corrected chi connectivity index (χ1v) is 9.90. The van der Waals surface area contributed by atoms with Gasteiger partial charge < -0.3 is 4.74 Å². The Bertz CT molecular complexity index is 1010. The fourth-order valence-electron chi connectivity index (χ4n) is 3.06. The Morgan fingerprint density at radius 3 is 2.32 bits per heavy atom. The Morgan fingerprint density at radius 2 is 1.64 bits per heavy atom. The largest absolute Gasteiger partial charge is 0.457 e. The highest BCUT2D eigenvalue weighted by molar-refractivity contribution is 8.15. The lowest BCUT2D eigenvalue weighted by Gasteiger charge is -2.10. The summed E-state index contributed by atoms with van der Waals surface area (Å²) in [6.07, 6.45) is 0.519. The number of amides is 2. The van der Waals surface area contributed by atoms with E-state index in [2.05, 4.69) is 42.6 Å². The van der Waals surface area contributed by atoms with Crippen molar-refractivity contribution in [3.8, 4) is 22.6 Å². The maximum Gasteiger partial charge on any atom is 0.286 e. The number of thioether (sulfide) groups is 1. The monoisotopic (exact) mass is 389 g/mol. The fraction of sp³-hybridized carbons (Fsp3) is 0.130. The summed E-state index contributed by atoms with van der Waals surface area (Å²) in [7, 11) is 0. The molecule has 28 heavy (non-hydrogen) atoms. The second-order valence-electron chi connectivity index (χ2n) is 6.73. The zero-order chi connectivity index (χ0) is 19.5. The van der Waals surface area contributed by atoms with Crippen molar-refractivity contribution in [1.29, 1.82) is 0 Å². The van der Waals surface area contributed by atoms with Gasteiger partial charge in [-0.2, -0.15) is 0 Å². The van der Waals surface area contributed by atoms with E-state index in [-0.39, 0.29) is 16.4 Å². The van der Waals surface area contributed by atoms with Crippen molar-refractivity contribution in [1.82, 2.24) is 5.32 Å². The van der Waals surface area contributed by atoms with Crippen LogP contribution in [0.4, 0.5) is 4.79 Å². The SMILES string of the molecule is Cc1ccc(-c2cccc(Oc3ccc(CC4SC(=O)NC4=O)cc3)c2)cc1. The lowest BCUT2D eigenvalue weighted by molar-refractivity contribution is -0.118. The zero-order valence-electron chi connectivity index (χ0n) is 15.3. The Labute approximate surface area is 167 Å². The van der Waals surface area contributed by atoms with Crippen LogP contribution in [-0.2, 0) is 11.2 Å². The van der Waals surface area contributed by atoms with Crippen LogP contribution in [0.1, 0.15) is 11.1 Å². The topological polar surface area (TPSA) is 55.4 Å². The lowest BCUT2D eigenvalue weighted by Crippen LogP contribution is -2.25. The van der Waals surface area contributed by atoms with Crippen molar-refractivity contribution in [3.05, 3.63) is 83.9 Å². The zero-order valence-corrected chi connectivity index (χ0v) is 16.2. The van der Waals surface area contributed by atoms with E-state index in [9.17, 15) is 9.59 Å². The van der Waals surface area contributed by atoms with Crippen LogP contribution in [0.25, 0.3) is 11.1 Å². The number of nitrogens with one attached hydrogen (secondary N) is 1. The number of aryl methyl sites for hydroxylation is 1. The predicted molar refractivity (Wildman–Crippen MR) is 112 cm³/mol. The minimum Gasteiger partial charge on any atom is -0.457 e. The number of benzene rings is 3. The van der Waals surface area contributed by atoms with Crippen molar-refractivity contribution in [2.24, 2.45) is 0 Å². The molecule has 1 N–H and O–H groups in total. The van der Waals surface area contributed by atoms with E-state index in [0.717, 1.165) is 40.0 Å². The third kappa shape index (κ3) is 4.26. The van der Waals surface area contributed by atoms with Gasteiger partial charge in [0.1, 0.15) is 11.5 Å². The number of imide groups is 1. The molecular weight excluding hydrogens is 370 g/mol.